The summed E-state index contributed by atoms with van der Waals surface area (Å²) >= 11 is 0. The highest BCUT2D eigenvalue weighted by atomic mass is 19.4. The number of nitrogens with zero attached hydrogens (tertiary/aromatic N) is 2. The predicted octanol–water partition coefficient (Wildman–Crippen LogP) is 1.35. The second-order valence-electron chi connectivity index (χ2n) is 7.18. The molecule has 1 saturated heterocycles. The molecule has 3 rings (SSSR count). The van der Waals surface area contributed by atoms with E-state index in [1.54, 1.807) is 11.8 Å². The Hall–Kier alpha value is -2.66. The van der Waals surface area contributed by atoms with Gasteiger partial charge in [-0.1, -0.05) is 6.92 Å². The van der Waals surface area contributed by atoms with Crippen LogP contribution in [0, 0.1) is 0 Å². The highest BCUT2D eigenvalue weighted by molar-refractivity contribution is 6.10. The summed E-state index contributed by atoms with van der Waals surface area (Å²) in [4.78, 5) is 39.3. The number of anilines is 2. The van der Waals surface area contributed by atoms with Crippen LogP contribution in [0.2, 0.25) is 0 Å². The van der Waals surface area contributed by atoms with Gasteiger partial charge in [-0.2, -0.15) is 13.2 Å². The second kappa shape index (κ2) is 8.60. The summed E-state index contributed by atoms with van der Waals surface area (Å²) in [6.07, 6.45) is -3.21. The molecule has 0 spiro atoms. The van der Waals surface area contributed by atoms with E-state index >= 15 is 0 Å². The molecular weight excluding hydrogens is 405 g/mol. The lowest BCUT2D eigenvalue weighted by Gasteiger charge is -2.29. The van der Waals surface area contributed by atoms with Crippen molar-refractivity contribution in [2.45, 2.75) is 38.0 Å². The fourth-order valence-corrected chi connectivity index (χ4v) is 3.54. The number of morpholine rings is 1. The van der Waals surface area contributed by atoms with Gasteiger partial charge in [0.1, 0.15) is 6.61 Å². The van der Waals surface area contributed by atoms with Gasteiger partial charge in [-0.05, 0) is 37.6 Å². The lowest BCUT2D eigenvalue weighted by molar-refractivity contribution is -0.137. The van der Waals surface area contributed by atoms with Crippen LogP contribution in [0.3, 0.4) is 0 Å². The highest BCUT2D eigenvalue weighted by Crippen LogP contribution is 2.38. The molecule has 8 nitrogen and oxygen atoms in total. The predicted molar refractivity (Wildman–Crippen MR) is 102 cm³/mol. The number of nitrogens with two attached hydrogens (primary N) is 1. The van der Waals surface area contributed by atoms with Gasteiger partial charge in [0.2, 0.25) is 5.91 Å². The minimum absolute atomic E-state index is 0.00930. The van der Waals surface area contributed by atoms with Crippen LogP contribution < -0.4 is 16.0 Å². The van der Waals surface area contributed by atoms with Crippen LogP contribution in [-0.4, -0.2) is 61.0 Å². The molecule has 3 amide bonds. The van der Waals surface area contributed by atoms with E-state index in [2.05, 4.69) is 5.32 Å². The van der Waals surface area contributed by atoms with Gasteiger partial charge in [0.15, 0.2) is 6.04 Å². The van der Waals surface area contributed by atoms with Gasteiger partial charge in [0, 0.05) is 18.3 Å². The number of amides is 3. The molecule has 3 N–H and O–H groups in total. The number of likely N-dealkylation sites (N-methyl/N-ethyl adjacent to an activating group) is 1. The van der Waals surface area contributed by atoms with E-state index in [4.69, 9.17) is 10.5 Å². The summed E-state index contributed by atoms with van der Waals surface area (Å²) in [6, 6.07) is 1.83. The van der Waals surface area contributed by atoms with Gasteiger partial charge in [-0.25, -0.2) is 0 Å². The van der Waals surface area contributed by atoms with Crippen LogP contribution in [-0.2, 0) is 25.3 Å². The number of carbonyl (C=O) groups excluding carboxylic acids is 3. The largest absolute Gasteiger partial charge is 0.418 e. The van der Waals surface area contributed by atoms with E-state index < -0.39 is 41.2 Å². The molecule has 1 atom stereocenters. The van der Waals surface area contributed by atoms with Crippen molar-refractivity contribution < 1.29 is 32.3 Å². The van der Waals surface area contributed by atoms with Crippen molar-refractivity contribution in [3.8, 4) is 0 Å². The summed E-state index contributed by atoms with van der Waals surface area (Å²) in [5.74, 6) is -2.30. The van der Waals surface area contributed by atoms with E-state index in [0.717, 1.165) is 25.0 Å². The maximum atomic E-state index is 13.7. The average molecular weight is 428 g/mol. The Morgan fingerprint density at radius 2 is 2.07 bits per heavy atom. The van der Waals surface area contributed by atoms with E-state index in [-0.39, 0.29) is 31.5 Å². The molecule has 1 aliphatic carbocycles. The van der Waals surface area contributed by atoms with E-state index in [1.807, 2.05) is 0 Å². The molecule has 164 valence electrons. The maximum Gasteiger partial charge on any atom is 0.418 e. The van der Waals surface area contributed by atoms with Crippen molar-refractivity contribution in [3.05, 3.63) is 23.8 Å². The van der Waals surface area contributed by atoms with E-state index in [0.29, 0.717) is 6.54 Å². The normalized spacial score (nSPS) is 18.4. The molecule has 1 aliphatic heterocycles. The first-order valence-corrected chi connectivity index (χ1v) is 9.58. The van der Waals surface area contributed by atoms with Crippen LogP contribution in [0.25, 0.3) is 0 Å². The molecule has 1 aromatic carbocycles. The van der Waals surface area contributed by atoms with Gasteiger partial charge in [-0.3, -0.25) is 19.3 Å². The maximum absolute atomic E-state index is 13.7. The fourth-order valence-electron chi connectivity index (χ4n) is 3.54. The lowest BCUT2D eigenvalue weighted by atomic mass is 10.1. The quantitative estimate of drug-likeness (QED) is 0.638. The highest BCUT2D eigenvalue weighted by Gasteiger charge is 2.41. The third-order valence-electron chi connectivity index (χ3n) is 5.09. The number of alkyl halides is 3. The molecule has 0 unspecified atom stereocenters. The van der Waals surface area contributed by atoms with Crippen molar-refractivity contribution >= 4 is 29.1 Å². The van der Waals surface area contributed by atoms with Gasteiger partial charge < -0.3 is 20.7 Å². The van der Waals surface area contributed by atoms with Crippen molar-refractivity contribution in [1.29, 1.82) is 0 Å². The Labute approximate surface area is 171 Å². The second-order valence-corrected chi connectivity index (χ2v) is 7.18. The minimum atomic E-state index is -4.79. The Morgan fingerprint density at radius 1 is 1.37 bits per heavy atom. The third kappa shape index (κ3) is 4.73. The van der Waals surface area contributed by atoms with Crippen molar-refractivity contribution in [3.63, 3.8) is 0 Å². The summed E-state index contributed by atoms with van der Waals surface area (Å²) in [6.45, 7) is 2.22. The molecule has 2 aliphatic rings. The van der Waals surface area contributed by atoms with Crippen LogP contribution in [0.1, 0.15) is 25.3 Å². The summed E-state index contributed by atoms with van der Waals surface area (Å²) in [7, 11) is 0. The minimum Gasteiger partial charge on any atom is -0.370 e. The van der Waals surface area contributed by atoms with E-state index in [1.165, 1.54) is 11.0 Å². The number of carbonyl (C=O) groups is 3. The zero-order valence-corrected chi connectivity index (χ0v) is 16.4. The molecule has 0 aromatic heterocycles. The molecule has 0 radical (unpaired) electrons. The number of hydrogen-bond acceptors (Lipinski definition) is 5. The molecule has 0 bridgehead atoms. The average Bonchev–Trinajstić information content (AvgIpc) is 3.50. The molecule has 11 heteroatoms. The van der Waals surface area contributed by atoms with Crippen molar-refractivity contribution in [2.75, 3.05) is 36.5 Å². The molecule has 1 heterocycles. The number of halogens is 3. The number of benzene rings is 1. The topological polar surface area (TPSA) is 105 Å². The number of nitrogens with one attached hydrogen (secondary N) is 1. The Morgan fingerprint density at radius 3 is 2.60 bits per heavy atom. The standard InChI is InChI=1S/C19H23F3N4O4/c1-2-25(11-3-4-11)16(17(23)28)18(29)24-14-6-5-12(9-13(14)19(20,21)22)26-7-8-30-10-15(26)27/h5-6,9,11,16H,2-4,7-8,10H2,1H3,(H2,23,28)(H,24,29)/t16-/m0/s1. The number of hydrogen-bond donors (Lipinski definition) is 2. The number of ether oxygens (including phenoxy) is 1. The SMILES string of the molecule is CCN(C1CC1)[C@@H](C(N)=O)C(=O)Nc1ccc(N2CCOCC2=O)cc1C(F)(F)F. The Kier molecular flexibility index (Phi) is 6.32. The van der Waals surface area contributed by atoms with Gasteiger partial charge in [0.25, 0.3) is 11.8 Å². The smallest absolute Gasteiger partial charge is 0.370 e. The zero-order chi connectivity index (χ0) is 22.1. The summed E-state index contributed by atoms with van der Waals surface area (Å²) in [5.41, 5.74) is 3.80. The number of rotatable bonds is 7. The summed E-state index contributed by atoms with van der Waals surface area (Å²) in [5, 5.41) is 2.21. The molecule has 2 fully saturated rings. The van der Waals surface area contributed by atoms with Crippen LogP contribution in [0.5, 0.6) is 0 Å². The number of primary amides is 1. The Balaban J connectivity index is 1.89. The first-order chi connectivity index (χ1) is 14.1. The molecule has 1 aromatic rings. The lowest BCUT2D eigenvalue weighted by Crippen LogP contribution is -2.53. The first kappa shape index (κ1) is 22.0. The van der Waals surface area contributed by atoms with Gasteiger partial charge in [0.05, 0.1) is 17.9 Å². The van der Waals surface area contributed by atoms with Crippen molar-refractivity contribution in [1.82, 2.24) is 4.90 Å². The first-order valence-electron chi connectivity index (χ1n) is 9.58. The molecule has 1 saturated carbocycles. The van der Waals surface area contributed by atoms with Gasteiger partial charge >= 0.3 is 6.18 Å². The van der Waals surface area contributed by atoms with Gasteiger partial charge in [-0.15, -0.1) is 0 Å². The summed E-state index contributed by atoms with van der Waals surface area (Å²) < 4.78 is 46.0. The third-order valence-corrected chi connectivity index (χ3v) is 5.09. The van der Waals surface area contributed by atoms with E-state index in [9.17, 15) is 27.6 Å². The van der Waals surface area contributed by atoms with Crippen LogP contribution in [0.4, 0.5) is 24.5 Å². The van der Waals surface area contributed by atoms with Crippen LogP contribution >= 0.6 is 0 Å². The Bertz CT molecular complexity index is 842. The molecular formula is C19H23F3N4O4. The molecule has 30 heavy (non-hydrogen) atoms. The zero-order valence-electron chi connectivity index (χ0n) is 16.4. The fraction of sp³-hybridized carbons (Fsp3) is 0.526. The van der Waals surface area contributed by atoms with Crippen molar-refractivity contribution in [2.24, 2.45) is 5.73 Å². The monoisotopic (exact) mass is 428 g/mol. The van der Waals surface area contributed by atoms with Crippen LogP contribution in [0.15, 0.2) is 18.2 Å².